The van der Waals surface area contributed by atoms with E-state index in [1.807, 2.05) is 0 Å². The lowest BCUT2D eigenvalue weighted by Gasteiger charge is -2.36. The van der Waals surface area contributed by atoms with E-state index in [0.717, 1.165) is 8.61 Å². The molecule has 0 aromatic carbocycles. The van der Waals surface area contributed by atoms with Crippen LogP contribution in [0.2, 0.25) is 18.1 Å². The fourth-order valence-corrected chi connectivity index (χ4v) is 8.20. The van der Waals surface area contributed by atoms with Crippen molar-refractivity contribution in [2.24, 2.45) is 0 Å². The van der Waals surface area contributed by atoms with Crippen LogP contribution >= 0.6 is 0 Å². The zero-order chi connectivity index (χ0) is 22.5. The van der Waals surface area contributed by atoms with Gasteiger partial charge in [-0.05, 0) is 0 Å². The summed E-state index contributed by atoms with van der Waals surface area (Å²) < 4.78 is 110. The van der Waals surface area contributed by atoms with Gasteiger partial charge in [0.15, 0.2) is 20.0 Å². The minimum atomic E-state index is -6.72. The molecule has 0 fully saturated rings. The summed E-state index contributed by atoms with van der Waals surface area (Å²) in [5, 5.41) is 0. The molecule has 6 nitrogen and oxygen atoms in total. The molecule has 0 bridgehead atoms. The summed E-state index contributed by atoms with van der Waals surface area (Å²) in [5.74, 6) is 0. The first kappa shape index (κ1) is 28.8. The number of sulfonamides is 2. The minimum Gasteiger partial charge on any atom is -0.421 e. The highest BCUT2D eigenvalue weighted by Gasteiger charge is 2.46. The van der Waals surface area contributed by atoms with Crippen molar-refractivity contribution in [2.75, 3.05) is 27.3 Å². The molecule has 0 atom stereocenters. The summed E-state index contributed by atoms with van der Waals surface area (Å²) in [4.78, 5) is 0. The Kier molecular flexibility index (Phi) is 10.0. The summed E-state index contributed by atoms with van der Waals surface area (Å²) in [7, 11) is -7.36. The van der Waals surface area contributed by atoms with E-state index in [-0.39, 0.29) is 0 Å². The number of quaternary nitrogens is 1. The number of hydrogen-bond acceptors (Lipinski definition) is 4. The van der Waals surface area contributed by atoms with E-state index in [4.69, 9.17) is 0 Å². The first-order valence-corrected chi connectivity index (χ1v) is 13.5. The second kappa shape index (κ2) is 9.41. The molecule has 0 saturated heterocycles. The van der Waals surface area contributed by atoms with Gasteiger partial charge in [-0.1, -0.05) is 38.9 Å². The van der Waals surface area contributed by atoms with Crippen molar-refractivity contribution in [1.29, 1.82) is 0 Å². The first-order chi connectivity index (χ1) is 11.6. The summed E-state index contributed by atoms with van der Waals surface area (Å²) in [6.45, 7) is 7.15. The normalized spacial score (nSPS) is 14.5. The van der Waals surface area contributed by atoms with Crippen LogP contribution in [0.25, 0.3) is 4.13 Å². The Balaban J connectivity index is 0. The van der Waals surface area contributed by atoms with Crippen molar-refractivity contribution in [1.82, 2.24) is 0 Å². The predicted octanol–water partition coefficient (Wildman–Crippen LogP) is 3.80. The molecule has 0 unspecified atom stereocenters. The largest absolute Gasteiger partial charge is 0.480 e. The molecule has 166 valence electrons. The number of hydrogen-bond donors (Lipinski definition) is 0. The van der Waals surface area contributed by atoms with Crippen LogP contribution in [0.4, 0.5) is 26.3 Å². The van der Waals surface area contributed by atoms with Crippen LogP contribution in [-0.4, -0.2) is 67.7 Å². The molecule has 0 rings (SSSR count). The maximum Gasteiger partial charge on any atom is 0.480 e. The molecule has 0 spiro atoms. The van der Waals surface area contributed by atoms with Gasteiger partial charge in [0.05, 0.1) is 27.3 Å². The average molecular weight is 469 g/mol. The van der Waals surface area contributed by atoms with Crippen molar-refractivity contribution in [3.63, 3.8) is 0 Å². The molecule has 0 aromatic heterocycles. The van der Waals surface area contributed by atoms with E-state index in [1.165, 1.54) is 24.3 Å². The molecule has 0 amide bonds. The van der Waals surface area contributed by atoms with Crippen molar-refractivity contribution >= 4 is 28.1 Å². The van der Waals surface area contributed by atoms with Gasteiger partial charge in [-0.3, -0.25) is 0 Å². The summed E-state index contributed by atoms with van der Waals surface area (Å²) in [6.07, 6.45) is 1.44. The van der Waals surface area contributed by atoms with Crippen LogP contribution in [0, 0.1) is 0 Å². The maximum absolute atomic E-state index is 11.4. The topological polar surface area (TPSA) is 82.4 Å². The standard InChI is InChI=1S/C10H26NSi.C2F6NO4S2/c1-7-12(8-2,9-3)10-11(4,5)6;3-1(4,5)14(10,11)9-15(12,13)2(6,7)8/h7-10H2,1-6H3;/q+1;-1. The molecule has 0 aromatic rings. The van der Waals surface area contributed by atoms with Crippen LogP contribution in [0.5, 0.6) is 0 Å². The number of nitrogens with zero attached hydrogens (tertiary/aromatic N) is 2. The molecule has 0 radical (unpaired) electrons. The molecule has 0 saturated carbocycles. The smallest absolute Gasteiger partial charge is 0.421 e. The molecule has 0 heterocycles. The van der Waals surface area contributed by atoms with Gasteiger partial charge >= 0.3 is 11.0 Å². The van der Waals surface area contributed by atoms with Crippen LogP contribution < -0.4 is 0 Å². The first-order valence-electron chi connectivity index (χ1n) is 7.77. The zero-order valence-corrected chi connectivity index (χ0v) is 18.6. The predicted molar refractivity (Wildman–Crippen MR) is 93.4 cm³/mol. The number of halogens is 6. The van der Waals surface area contributed by atoms with Gasteiger partial charge in [0.1, 0.15) is 8.07 Å². The Morgan fingerprint density at radius 2 is 1.00 bits per heavy atom. The Morgan fingerprint density at radius 3 is 1.11 bits per heavy atom. The summed E-state index contributed by atoms with van der Waals surface area (Å²) >= 11 is 0. The monoisotopic (exact) mass is 468 g/mol. The third-order valence-electron chi connectivity index (χ3n) is 3.84. The fourth-order valence-electron chi connectivity index (χ4n) is 2.31. The van der Waals surface area contributed by atoms with Crippen LogP contribution in [0.15, 0.2) is 0 Å². The van der Waals surface area contributed by atoms with Crippen LogP contribution in [0.3, 0.4) is 0 Å². The average Bonchev–Trinajstić information content (AvgIpc) is 2.41. The van der Waals surface area contributed by atoms with E-state index in [0.29, 0.717) is 0 Å². The lowest BCUT2D eigenvalue weighted by molar-refractivity contribution is -0.860. The SMILES string of the molecule is CC[Si](CC)(CC)C[N+](C)(C)C.O=S(=O)([N-]S(=O)(=O)C(F)(F)F)C(F)(F)F. The quantitative estimate of drug-likeness (QED) is 0.323. The lowest BCUT2D eigenvalue weighted by atomic mass is 10.8. The third-order valence-corrected chi connectivity index (χ3v) is 12.7. The Bertz CT molecular complexity index is 615. The Morgan fingerprint density at radius 1 is 0.741 bits per heavy atom. The van der Waals surface area contributed by atoms with Crippen molar-refractivity contribution in [3.8, 4) is 0 Å². The Hall–Kier alpha value is -0.383. The minimum absolute atomic E-state index is 0.778. The maximum atomic E-state index is 11.4. The highest BCUT2D eigenvalue weighted by Crippen LogP contribution is 2.36. The third kappa shape index (κ3) is 9.58. The van der Waals surface area contributed by atoms with Crippen molar-refractivity contribution in [3.05, 3.63) is 4.13 Å². The second-order valence-electron chi connectivity index (χ2n) is 6.93. The summed E-state index contributed by atoms with van der Waals surface area (Å²) in [5.41, 5.74) is -12.4. The zero-order valence-electron chi connectivity index (χ0n) is 15.9. The second-order valence-corrected chi connectivity index (χ2v) is 15.8. The van der Waals surface area contributed by atoms with Crippen molar-refractivity contribution < 1.29 is 47.7 Å². The van der Waals surface area contributed by atoms with Gasteiger partial charge in [0, 0.05) is 0 Å². The number of rotatable bonds is 7. The lowest BCUT2D eigenvalue weighted by Crippen LogP contribution is -2.51. The molecule has 0 aliphatic rings. The highest BCUT2D eigenvalue weighted by molar-refractivity contribution is 8.13. The van der Waals surface area contributed by atoms with Gasteiger partial charge in [0.2, 0.25) is 0 Å². The number of alkyl halides is 6. The summed E-state index contributed by atoms with van der Waals surface area (Å²) in [6, 6.07) is 4.36. The van der Waals surface area contributed by atoms with Gasteiger partial charge in [-0.2, -0.15) is 26.3 Å². The molecule has 0 aliphatic carbocycles. The van der Waals surface area contributed by atoms with E-state index in [9.17, 15) is 43.2 Å². The highest BCUT2D eigenvalue weighted by atomic mass is 32.3. The molecular formula is C12H26F6N2O4S2Si. The van der Waals surface area contributed by atoms with Crippen LogP contribution in [0.1, 0.15) is 20.8 Å². The molecule has 0 N–H and O–H groups in total. The van der Waals surface area contributed by atoms with E-state index in [2.05, 4.69) is 41.9 Å². The van der Waals surface area contributed by atoms with E-state index < -0.39 is 39.1 Å². The van der Waals surface area contributed by atoms with Gasteiger partial charge in [-0.25, -0.2) is 16.8 Å². The molecule has 27 heavy (non-hydrogen) atoms. The van der Waals surface area contributed by atoms with Crippen LogP contribution in [-0.2, 0) is 20.0 Å². The molecule has 15 heteroatoms. The Labute approximate surface area is 157 Å². The van der Waals surface area contributed by atoms with Gasteiger partial charge < -0.3 is 8.61 Å². The fraction of sp³-hybridized carbons (Fsp3) is 1.00. The van der Waals surface area contributed by atoms with Gasteiger partial charge in [-0.15, -0.1) is 0 Å². The van der Waals surface area contributed by atoms with E-state index >= 15 is 0 Å². The van der Waals surface area contributed by atoms with Crippen molar-refractivity contribution in [2.45, 2.75) is 49.9 Å². The van der Waals surface area contributed by atoms with Gasteiger partial charge in [0.25, 0.3) is 0 Å². The molecular weight excluding hydrogens is 442 g/mol. The van der Waals surface area contributed by atoms with E-state index in [1.54, 1.807) is 0 Å². The molecule has 0 aliphatic heterocycles.